The lowest BCUT2D eigenvalue weighted by Crippen LogP contribution is -2.11. The van der Waals surface area contributed by atoms with Crippen molar-refractivity contribution in [2.45, 2.75) is 39.7 Å². The molecule has 2 rings (SSSR count). The number of nitrogens with one attached hydrogen (secondary N) is 2. The molecule has 0 fully saturated rings. The maximum absolute atomic E-state index is 4.57. The number of aromatic amines is 1. The van der Waals surface area contributed by atoms with Crippen LogP contribution in [0.2, 0.25) is 0 Å². The van der Waals surface area contributed by atoms with Crippen LogP contribution in [0.3, 0.4) is 0 Å². The fraction of sp³-hybridized carbons (Fsp3) is 0.438. The summed E-state index contributed by atoms with van der Waals surface area (Å²) in [4.78, 5) is 7.83. The Morgan fingerprint density at radius 2 is 2.00 bits per heavy atom. The molecular weight excluding hydrogens is 314 g/mol. The van der Waals surface area contributed by atoms with E-state index in [0.717, 1.165) is 22.7 Å². The van der Waals surface area contributed by atoms with Crippen LogP contribution in [-0.2, 0) is 12.0 Å². The Kier molecular flexibility index (Phi) is 4.35. The zero-order valence-corrected chi connectivity index (χ0v) is 14.4. The van der Waals surface area contributed by atoms with Crippen molar-refractivity contribution < 1.29 is 0 Å². The first-order valence-electron chi connectivity index (χ1n) is 6.83. The minimum Gasteiger partial charge on any atom is -0.335 e. The van der Waals surface area contributed by atoms with Gasteiger partial charge in [0.1, 0.15) is 0 Å². The van der Waals surface area contributed by atoms with Gasteiger partial charge in [0, 0.05) is 12.1 Å². The van der Waals surface area contributed by atoms with Crippen LogP contribution in [-0.4, -0.2) is 17.0 Å². The van der Waals surface area contributed by atoms with Gasteiger partial charge >= 0.3 is 0 Å². The summed E-state index contributed by atoms with van der Waals surface area (Å²) in [5.41, 5.74) is 6.08. The topological polar surface area (TPSA) is 40.7 Å². The molecule has 0 aliphatic carbocycles. The highest BCUT2D eigenvalue weighted by Crippen LogP contribution is 2.30. The number of hydrogen-bond acceptors (Lipinski definition) is 2. The number of H-pyrrole nitrogens is 1. The molecule has 1 aromatic heterocycles. The zero-order valence-electron chi connectivity index (χ0n) is 12.8. The molecule has 108 valence electrons. The molecule has 0 saturated carbocycles. The molecule has 0 amide bonds. The number of imidazole rings is 1. The van der Waals surface area contributed by atoms with E-state index in [9.17, 15) is 0 Å². The molecule has 1 heterocycles. The molecule has 4 heteroatoms. The van der Waals surface area contributed by atoms with E-state index in [0.29, 0.717) is 0 Å². The van der Waals surface area contributed by atoms with Gasteiger partial charge in [0.2, 0.25) is 0 Å². The van der Waals surface area contributed by atoms with Gasteiger partial charge in [0.15, 0.2) is 4.73 Å². The lowest BCUT2D eigenvalue weighted by molar-refractivity contribution is 0.590. The van der Waals surface area contributed by atoms with Crippen LogP contribution in [0, 0.1) is 6.92 Å². The molecule has 0 spiro atoms. The van der Waals surface area contributed by atoms with E-state index in [1.54, 1.807) is 0 Å². The van der Waals surface area contributed by atoms with E-state index in [4.69, 9.17) is 0 Å². The van der Waals surface area contributed by atoms with Crippen LogP contribution in [0.4, 0.5) is 0 Å². The minimum absolute atomic E-state index is 0.170. The molecule has 0 bridgehead atoms. The second-order valence-electron chi connectivity index (χ2n) is 6.16. The maximum atomic E-state index is 4.57. The lowest BCUT2D eigenvalue weighted by Gasteiger charge is -2.20. The molecule has 1 aromatic carbocycles. The lowest BCUT2D eigenvalue weighted by atomic mass is 9.85. The number of hydrogen-bond donors (Lipinski definition) is 2. The van der Waals surface area contributed by atoms with Crippen molar-refractivity contribution in [1.29, 1.82) is 0 Å². The third-order valence-corrected chi connectivity index (χ3v) is 3.83. The highest BCUT2D eigenvalue weighted by atomic mass is 79.9. The van der Waals surface area contributed by atoms with Crippen LogP contribution in [0.1, 0.15) is 37.6 Å². The van der Waals surface area contributed by atoms with Crippen LogP contribution >= 0.6 is 15.9 Å². The molecule has 2 N–H and O–H groups in total. The predicted molar refractivity (Wildman–Crippen MR) is 87.9 cm³/mol. The van der Waals surface area contributed by atoms with Gasteiger partial charge in [-0.25, -0.2) is 4.98 Å². The number of halogens is 1. The number of aryl methyl sites for hydroxylation is 1. The van der Waals surface area contributed by atoms with Crippen LogP contribution in [0.5, 0.6) is 0 Å². The SMILES string of the molecule is CNCc1[nH]c(Br)nc1-c1ccc(C(C)(C)C)cc1C. The summed E-state index contributed by atoms with van der Waals surface area (Å²) >= 11 is 3.43. The number of aromatic nitrogens is 2. The Morgan fingerprint density at radius 3 is 2.55 bits per heavy atom. The highest BCUT2D eigenvalue weighted by Gasteiger charge is 2.17. The van der Waals surface area contributed by atoms with Crippen molar-refractivity contribution in [2.75, 3.05) is 7.05 Å². The van der Waals surface area contributed by atoms with Gasteiger partial charge in [-0.2, -0.15) is 0 Å². The summed E-state index contributed by atoms with van der Waals surface area (Å²) in [7, 11) is 1.94. The van der Waals surface area contributed by atoms with E-state index in [2.05, 4.69) is 77.1 Å². The third kappa shape index (κ3) is 3.13. The Morgan fingerprint density at radius 1 is 1.30 bits per heavy atom. The third-order valence-electron chi connectivity index (χ3n) is 3.45. The Bertz CT molecular complexity index is 609. The van der Waals surface area contributed by atoms with Crippen molar-refractivity contribution >= 4 is 15.9 Å². The van der Waals surface area contributed by atoms with E-state index in [1.807, 2.05) is 7.05 Å². The van der Waals surface area contributed by atoms with E-state index < -0.39 is 0 Å². The van der Waals surface area contributed by atoms with E-state index in [1.165, 1.54) is 16.7 Å². The first-order valence-corrected chi connectivity index (χ1v) is 7.62. The summed E-state index contributed by atoms with van der Waals surface area (Å²) in [6.45, 7) is 9.63. The second kappa shape index (κ2) is 5.70. The zero-order chi connectivity index (χ0) is 14.9. The molecule has 0 atom stereocenters. The van der Waals surface area contributed by atoms with Crippen molar-refractivity contribution in [1.82, 2.24) is 15.3 Å². The highest BCUT2D eigenvalue weighted by molar-refractivity contribution is 9.10. The first-order chi connectivity index (χ1) is 9.32. The first kappa shape index (κ1) is 15.3. The van der Waals surface area contributed by atoms with E-state index in [-0.39, 0.29) is 5.41 Å². The summed E-state index contributed by atoms with van der Waals surface area (Å²) in [6.07, 6.45) is 0. The monoisotopic (exact) mass is 335 g/mol. The van der Waals surface area contributed by atoms with Crippen LogP contribution < -0.4 is 5.32 Å². The standard InChI is InChI=1S/C16H22BrN3/c1-10-8-11(16(2,3)4)6-7-12(10)14-13(9-18-5)19-15(17)20-14/h6-8,18H,9H2,1-5H3,(H,19,20). The average molecular weight is 336 g/mol. The summed E-state index contributed by atoms with van der Waals surface area (Å²) < 4.78 is 0.775. The molecule has 20 heavy (non-hydrogen) atoms. The number of rotatable bonds is 3. The van der Waals surface area contributed by atoms with Gasteiger partial charge in [-0.15, -0.1) is 0 Å². The number of benzene rings is 1. The van der Waals surface area contributed by atoms with Crippen LogP contribution in [0.25, 0.3) is 11.3 Å². The average Bonchev–Trinajstić information content (AvgIpc) is 2.69. The minimum atomic E-state index is 0.170. The molecule has 2 aromatic rings. The van der Waals surface area contributed by atoms with Crippen molar-refractivity contribution in [3.63, 3.8) is 0 Å². The second-order valence-corrected chi connectivity index (χ2v) is 6.92. The summed E-state index contributed by atoms with van der Waals surface area (Å²) in [5, 5.41) is 3.17. The Hall–Kier alpha value is -1.13. The Balaban J connectivity index is 2.48. The van der Waals surface area contributed by atoms with Gasteiger partial charge in [0.05, 0.1) is 11.4 Å². The van der Waals surface area contributed by atoms with Gasteiger partial charge in [-0.3, -0.25) is 0 Å². The fourth-order valence-corrected chi connectivity index (χ4v) is 2.72. The smallest absolute Gasteiger partial charge is 0.175 e. The van der Waals surface area contributed by atoms with E-state index >= 15 is 0 Å². The Labute approximate surface area is 129 Å². The quantitative estimate of drug-likeness (QED) is 0.883. The molecule has 0 aliphatic heterocycles. The van der Waals surface area contributed by atoms with Crippen LogP contribution in [0.15, 0.2) is 22.9 Å². The van der Waals surface area contributed by atoms with Gasteiger partial charge in [-0.05, 0) is 46.4 Å². The molecule has 0 saturated heterocycles. The largest absolute Gasteiger partial charge is 0.335 e. The summed E-state index contributed by atoms with van der Waals surface area (Å²) in [6, 6.07) is 6.65. The van der Waals surface area contributed by atoms with Gasteiger partial charge in [-0.1, -0.05) is 39.0 Å². The molecule has 0 radical (unpaired) electrons. The molecule has 0 aliphatic rings. The van der Waals surface area contributed by atoms with Crippen molar-refractivity contribution in [2.24, 2.45) is 0 Å². The molecule has 0 unspecified atom stereocenters. The maximum Gasteiger partial charge on any atom is 0.175 e. The molecular formula is C16H22BrN3. The normalized spacial score (nSPS) is 11.9. The molecule has 3 nitrogen and oxygen atoms in total. The van der Waals surface area contributed by atoms with Gasteiger partial charge in [0.25, 0.3) is 0 Å². The number of nitrogens with zero attached hydrogens (tertiary/aromatic N) is 1. The van der Waals surface area contributed by atoms with Gasteiger partial charge < -0.3 is 10.3 Å². The fourth-order valence-electron chi connectivity index (χ4n) is 2.30. The summed E-state index contributed by atoms with van der Waals surface area (Å²) in [5.74, 6) is 0. The van der Waals surface area contributed by atoms with Crippen molar-refractivity contribution in [3.8, 4) is 11.3 Å². The predicted octanol–water partition coefficient (Wildman–Crippen LogP) is 4.16. The van der Waals surface area contributed by atoms with Crippen molar-refractivity contribution in [3.05, 3.63) is 39.8 Å².